The fraction of sp³-hybridized carbons (Fsp3) is 0. The summed E-state index contributed by atoms with van der Waals surface area (Å²) < 4.78 is 15.3. The largest absolute Gasteiger partial charge is 0.456 e. The van der Waals surface area contributed by atoms with E-state index in [0.29, 0.717) is 17.5 Å². The van der Waals surface area contributed by atoms with Crippen molar-refractivity contribution in [3.8, 4) is 39.9 Å². The summed E-state index contributed by atoms with van der Waals surface area (Å²) in [7, 11) is 0. The fourth-order valence-electron chi connectivity index (χ4n) is 7.56. The summed E-state index contributed by atoms with van der Waals surface area (Å²) in [5, 5.41) is 6.43. The van der Waals surface area contributed by atoms with Crippen molar-refractivity contribution < 1.29 is 8.83 Å². The van der Waals surface area contributed by atoms with Gasteiger partial charge in [0.25, 0.3) is 0 Å². The predicted octanol–water partition coefficient (Wildman–Crippen LogP) is 11.8. The van der Waals surface area contributed by atoms with E-state index in [-0.39, 0.29) is 0 Å². The summed E-state index contributed by atoms with van der Waals surface area (Å²) in [4.78, 5) is 15.6. The number of hydrogen-bond donors (Lipinski definition) is 0. The van der Waals surface area contributed by atoms with Crippen LogP contribution in [0.3, 0.4) is 0 Å². The molecule has 6 heteroatoms. The number of rotatable bonds is 4. The number of nitrogens with zero attached hydrogens (tertiary/aromatic N) is 4. The smallest absolute Gasteiger partial charge is 0.167 e. The minimum Gasteiger partial charge on any atom is -0.456 e. The summed E-state index contributed by atoms with van der Waals surface area (Å²) in [6.07, 6.45) is 0. The molecular formula is C45H26N4O2. The van der Waals surface area contributed by atoms with Crippen LogP contribution in [0.2, 0.25) is 0 Å². The Balaban J connectivity index is 1.27. The molecule has 0 N–H and O–H groups in total. The van der Waals surface area contributed by atoms with Crippen LogP contribution in [-0.2, 0) is 0 Å². The molecule has 0 radical (unpaired) electrons. The number of furan rings is 2. The van der Waals surface area contributed by atoms with Crippen LogP contribution in [0.15, 0.2) is 167 Å². The lowest BCUT2D eigenvalue weighted by Gasteiger charge is -2.15. The second-order valence-corrected chi connectivity index (χ2v) is 12.8. The second kappa shape index (κ2) is 10.7. The Bertz CT molecular complexity index is 3100. The molecule has 0 bridgehead atoms. The van der Waals surface area contributed by atoms with Crippen molar-refractivity contribution in [2.45, 2.75) is 0 Å². The number of hydrogen-bond acceptors (Lipinski definition) is 5. The van der Waals surface area contributed by atoms with Crippen molar-refractivity contribution in [1.82, 2.24) is 19.5 Å². The molecule has 7 aromatic carbocycles. The molecule has 0 atom stereocenters. The molecule has 0 spiro atoms. The van der Waals surface area contributed by atoms with Gasteiger partial charge in [-0.05, 0) is 36.4 Å². The molecule has 11 rings (SSSR count). The van der Waals surface area contributed by atoms with Gasteiger partial charge in [0.2, 0.25) is 0 Å². The van der Waals surface area contributed by atoms with Crippen molar-refractivity contribution in [3.05, 3.63) is 158 Å². The third kappa shape index (κ3) is 4.20. The molecule has 0 saturated heterocycles. The Morgan fingerprint density at radius 2 is 0.922 bits per heavy atom. The van der Waals surface area contributed by atoms with E-state index in [1.165, 1.54) is 10.8 Å². The first-order chi connectivity index (χ1) is 25.3. The van der Waals surface area contributed by atoms with Crippen LogP contribution >= 0.6 is 0 Å². The van der Waals surface area contributed by atoms with Gasteiger partial charge in [0.15, 0.2) is 17.5 Å². The average molecular weight is 655 g/mol. The number of fused-ring (bicyclic) bond motifs is 9. The lowest BCUT2D eigenvalue weighted by Crippen LogP contribution is -2.04. The van der Waals surface area contributed by atoms with Crippen LogP contribution in [0, 0.1) is 0 Å². The highest BCUT2D eigenvalue weighted by Crippen LogP contribution is 2.41. The van der Waals surface area contributed by atoms with Crippen molar-refractivity contribution in [3.63, 3.8) is 0 Å². The van der Waals surface area contributed by atoms with Crippen molar-refractivity contribution in [1.29, 1.82) is 0 Å². The second-order valence-electron chi connectivity index (χ2n) is 12.8. The molecule has 0 saturated carbocycles. The molecule has 0 aliphatic rings. The van der Waals surface area contributed by atoms with Crippen LogP contribution in [0.5, 0.6) is 0 Å². The molecule has 11 aromatic rings. The van der Waals surface area contributed by atoms with Crippen LogP contribution < -0.4 is 0 Å². The highest BCUT2D eigenvalue weighted by Gasteiger charge is 2.23. The van der Waals surface area contributed by atoms with Gasteiger partial charge in [-0.15, -0.1) is 0 Å². The Kier molecular flexibility index (Phi) is 5.86. The maximum atomic E-state index is 6.49. The fourth-order valence-corrected chi connectivity index (χ4v) is 7.56. The number of para-hydroxylation sites is 5. The maximum Gasteiger partial charge on any atom is 0.167 e. The molecule has 0 aliphatic heterocycles. The maximum absolute atomic E-state index is 6.49. The van der Waals surface area contributed by atoms with E-state index < -0.39 is 0 Å². The van der Waals surface area contributed by atoms with Crippen molar-refractivity contribution in [2.24, 2.45) is 0 Å². The molecule has 51 heavy (non-hydrogen) atoms. The van der Waals surface area contributed by atoms with Crippen LogP contribution in [0.25, 0.3) is 106 Å². The van der Waals surface area contributed by atoms with E-state index in [1.807, 2.05) is 78.9 Å². The van der Waals surface area contributed by atoms with Crippen molar-refractivity contribution >= 4 is 65.7 Å². The normalized spacial score (nSPS) is 11.9. The minimum atomic E-state index is 0.536. The zero-order chi connectivity index (χ0) is 33.5. The molecule has 0 aliphatic carbocycles. The van der Waals surface area contributed by atoms with Gasteiger partial charge in [0.1, 0.15) is 22.3 Å². The zero-order valence-electron chi connectivity index (χ0n) is 27.1. The average Bonchev–Trinajstić information content (AvgIpc) is 3.87. The first-order valence-corrected chi connectivity index (χ1v) is 16.9. The number of aromatic nitrogens is 4. The van der Waals surface area contributed by atoms with Crippen molar-refractivity contribution in [2.75, 3.05) is 0 Å². The van der Waals surface area contributed by atoms with Gasteiger partial charge in [-0.25, -0.2) is 15.0 Å². The Morgan fingerprint density at radius 3 is 1.65 bits per heavy atom. The first-order valence-electron chi connectivity index (χ1n) is 16.9. The van der Waals surface area contributed by atoms with Gasteiger partial charge in [-0.1, -0.05) is 115 Å². The van der Waals surface area contributed by atoms with Gasteiger partial charge in [-0.3, -0.25) is 0 Å². The Morgan fingerprint density at radius 1 is 0.373 bits per heavy atom. The minimum absolute atomic E-state index is 0.536. The van der Waals surface area contributed by atoms with E-state index in [4.69, 9.17) is 23.8 Å². The summed E-state index contributed by atoms with van der Waals surface area (Å²) in [6, 6.07) is 53.8. The monoisotopic (exact) mass is 654 g/mol. The lowest BCUT2D eigenvalue weighted by molar-refractivity contribution is 0.668. The molecule has 0 fully saturated rings. The molecule has 4 heterocycles. The van der Waals surface area contributed by atoms with E-state index in [2.05, 4.69) is 83.4 Å². The summed E-state index contributed by atoms with van der Waals surface area (Å²) in [6.45, 7) is 0. The van der Waals surface area contributed by atoms with E-state index in [1.54, 1.807) is 0 Å². The Labute approximate surface area is 290 Å². The molecule has 0 unspecified atom stereocenters. The highest BCUT2D eigenvalue weighted by molar-refractivity contribution is 6.12. The highest BCUT2D eigenvalue weighted by atomic mass is 16.3. The first kappa shape index (κ1) is 27.9. The zero-order valence-corrected chi connectivity index (χ0v) is 27.1. The molecular weight excluding hydrogens is 629 g/mol. The van der Waals surface area contributed by atoms with Gasteiger partial charge >= 0.3 is 0 Å². The van der Waals surface area contributed by atoms with E-state index in [0.717, 1.165) is 77.3 Å². The molecule has 6 nitrogen and oxygen atoms in total. The standard InChI is InChI=1S/C45H26N4O2/c1-2-13-27(14-3-1)43-46-44(33-20-12-19-32-30-17-6-11-24-40(30)51-42(32)33)48-45(47-43)35-25-34-31-18-7-10-23-39(31)50-41(34)26-38(35)49-36-21-8-4-15-28(36)29-16-5-9-22-37(29)49/h1-26H. The van der Waals surface area contributed by atoms with Crippen LogP contribution in [0.1, 0.15) is 0 Å². The molecule has 4 aromatic heterocycles. The number of benzene rings is 7. The van der Waals surface area contributed by atoms with E-state index in [9.17, 15) is 0 Å². The topological polar surface area (TPSA) is 69.9 Å². The van der Waals surface area contributed by atoms with Gasteiger partial charge < -0.3 is 13.4 Å². The summed E-state index contributed by atoms with van der Waals surface area (Å²) in [5.41, 5.74) is 8.83. The van der Waals surface area contributed by atoms with Gasteiger partial charge in [0.05, 0.1) is 22.3 Å². The van der Waals surface area contributed by atoms with Gasteiger partial charge in [0, 0.05) is 49.5 Å². The van der Waals surface area contributed by atoms with E-state index >= 15 is 0 Å². The summed E-state index contributed by atoms with van der Waals surface area (Å²) >= 11 is 0. The van der Waals surface area contributed by atoms with Crippen LogP contribution in [0.4, 0.5) is 0 Å². The quantitative estimate of drug-likeness (QED) is 0.189. The van der Waals surface area contributed by atoms with Gasteiger partial charge in [-0.2, -0.15) is 0 Å². The third-order valence-electron chi connectivity index (χ3n) is 9.87. The third-order valence-corrected chi connectivity index (χ3v) is 9.87. The SMILES string of the molecule is c1ccc(-c2nc(-c3cc4c(cc3-n3c5ccccc5c5ccccc53)oc3ccccc34)nc(-c3cccc4c3oc3ccccc34)n2)cc1. The Hall–Kier alpha value is -7.05. The van der Waals surface area contributed by atoms with Crippen LogP contribution in [-0.4, -0.2) is 19.5 Å². The lowest BCUT2D eigenvalue weighted by atomic mass is 10.0. The predicted molar refractivity (Wildman–Crippen MR) is 205 cm³/mol. The molecule has 238 valence electrons. The molecule has 0 amide bonds. The summed E-state index contributed by atoms with van der Waals surface area (Å²) in [5.74, 6) is 1.67.